The molecule has 0 spiro atoms. The zero-order valence-electron chi connectivity index (χ0n) is 10.2. The van der Waals surface area contributed by atoms with Crippen LogP contribution in [-0.2, 0) is 11.3 Å². The minimum atomic E-state index is 0.0293. The van der Waals surface area contributed by atoms with Crippen molar-refractivity contribution in [3.63, 3.8) is 0 Å². The Hall–Kier alpha value is -0.940. The molecule has 0 aliphatic heterocycles. The molecule has 0 bridgehead atoms. The molecule has 0 aliphatic carbocycles. The number of carbonyl (C=O) groups is 1. The van der Waals surface area contributed by atoms with Crippen molar-refractivity contribution >= 4 is 21.8 Å². The predicted molar refractivity (Wildman–Crippen MR) is 71.5 cm³/mol. The molecule has 0 fully saturated rings. The number of amides is 1. The molecule has 0 aromatic carbocycles. The second-order valence-electron chi connectivity index (χ2n) is 4.31. The predicted octanol–water partition coefficient (Wildman–Crippen LogP) is 1.71. The molecule has 94 valence electrons. The first kappa shape index (κ1) is 14.1. The first-order chi connectivity index (χ1) is 8.08. The summed E-state index contributed by atoms with van der Waals surface area (Å²) >= 11 is 3.35. The van der Waals surface area contributed by atoms with E-state index >= 15 is 0 Å². The molecule has 2 N–H and O–H groups in total. The normalized spacial score (nSPS) is 10.6. The smallest absolute Gasteiger partial charge is 0.233 e. The van der Waals surface area contributed by atoms with Gasteiger partial charge in [-0.05, 0) is 33.5 Å². The lowest BCUT2D eigenvalue weighted by Gasteiger charge is -2.08. The number of nitrogens with one attached hydrogen (secondary N) is 2. The van der Waals surface area contributed by atoms with Crippen LogP contribution < -0.4 is 10.6 Å². The molecule has 0 radical (unpaired) electrons. The highest BCUT2D eigenvalue weighted by molar-refractivity contribution is 9.10. The van der Waals surface area contributed by atoms with Gasteiger partial charge in [0.1, 0.15) is 0 Å². The van der Waals surface area contributed by atoms with Crippen LogP contribution in [0.15, 0.2) is 22.9 Å². The third-order valence-electron chi connectivity index (χ3n) is 2.08. The Balaban J connectivity index is 2.21. The quantitative estimate of drug-likeness (QED) is 0.841. The highest BCUT2D eigenvalue weighted by Gasteiger charge is 2.02. The summed E-state index contributed by atoms with van der Waals surface area (Å²) in [7, 11) is 0. The number of carbonyl (C=O) groups excluding carboxylic acids is 1. The minimum Gasteiger partial charge on any atom is -0.355 e. The number of hydrogen-bond acceptors (Lipinski definition) is 3. The summed E-state index contributed by atoms with van der Waals surface area (Å²) in [5, 5.41) is 5.93. The average Bonchev–Trinajstić information content (AvgIpc) is 2.26. The fraction of sp³-hybridized carbons (Fsp3) is 0.500. The maximum Gasteiger partial charge on any atom is 0.233 e. The van der Waals surface area contributed by atoms with Crippen molar-refractivity contribution in [3.8, 4) is 0 Å². The third kappa shape index (κ3) is 6.38. The van der Waals surface area contributed by atoms with Gasteiger partial charge in [0.25, 0.3) is 0 Å². The van der Waals surface area contributed by atoms with E-state index in [1.54, 1.807) is 12.4 Å². The van der Waals surface area contributed by atoms with Crippen molar-refractivity contribution < 1.29 is 4.79 Å². The Labute approximate surface area is 110 Å². The second-order valence-corrected chi connectivity index (χ2v) is 5.23. The van der Waals surface area contributed by atoms with E-state index in [0.29, 0.717) is 19.0 Å². The summed E-state index contributed by atoms with van der Waals surface area (Å²) in [6.45, 7) is 5.83. The molecule has 1 rings (SSSR count). The molecule has 1 aromatic rings. The second kappa shape index (κ2) is 7.40. The van der Waals surface area contributed by atoms with Crippen molar-refractivity contribution in [1.82, 2.24) is 15.6 Å². The topological polar surface area (TPSA) is 54.0 Å². The van der Waals surface area contributed by atoms with E-state index in [0.717, 1.165) is 16.6 Å². The van der Waals surface area contributed by atoms with Gasteiger partial charge in [-0.15, -0.1) is 0 Å². The fourth-order valence-corrected chi connectivity index (χ4v) is 1.67. The molecule has 4 nitrogen and oxygen atoms in total. The van der Waals surface area contributed by atoms with Crippen molar-refractivity contribution in [2.75, 3.05) is 13.1 Å². The van der Waals surface area contributed by atoms with E-state index in [-0.39, 0.29) is 5.91 Å². The van der Waals surface area contributed by atoms with Gasteiger partial charge < -0.3 is 10.6 Å². The van der Waals surface area contributed by atoms with Crippen LogP contribution in [-0.4, -0.2) is 24.0 Å². The average molecular weight is 300 g/mol. The summed E-state index contributed by atoms with van der Waals surface area (Å²) in [5.74, 6) is 0.509. The standard InChI is InChI=1S/C12H18BrN3O/c1-9(2)4-16-12(17)8-15-6-10-3-11(13)7-14-5-10/h3,5,7,9,15H,4,6,8H2,1-2H3,(H,16,17). The highest BCUT2D eigenvalue weighted by atomic mass is 79.9. The maximum absolute atomic E-state index is 11.4. The van der Waals surface area contributed by atoms with Gasteiger partial charge in [-0.25, -0.2) is 0 Å². The zero-order chi connectivity index (χ0) is 12.7. The number of hydrogen-bond donors (Lipinski definition) is 2. The molecule has 0 aliphatic rings. The van der Waals surface area contributed by atoms with Gasteiger partial charge in [0.05, 0.1) is 6.54 Å². The van der Waals surface area contributed by atoms with E-state index < -0.39 is 0 Å². The first-order valence-electron chi connectivity index (χ1n) is 5.64. The largest absolute Gasteiger partial charge is 0.355 e. The molecule has 0 saturated heterocycles. The van der Waals surface area contributed by atoms with E-state index in [1.807, 2.05) is 6.07 Å². The molecular weight excluding hydrogens is 282 g/mol. The Bertz CT molecular complexity index is 369. The molecule has 17 heavy (non-hydrogen) atoms. The first-order valence-corrected chi connectivity index (χ1v) is 6.44. The molecule has 0 unspecified atom stereocenters. The number of aromatic nitrogens is 1. The van der Waals surface area contributed by atoms with Gasteiger partial charge in [0.2, 0.25) is 5.91 Å². The maximum atomic E-state index is 11.4. The molecule has 1 aromatic heterocycles. The lowest BCUT2D eigenvalue weighted by molar-refractivity contribution is -0.120. The van der Waals surface area contributed by atoms with Gasteiger partial charge in [-0.2, -0.15) is 0 Å². The van der Waals surface area contributed by atoms with Crippen LogP contribution in [0.25, 0.3) is 0 Å². The van der Waals surface area contributed by atoms with Gasteiger partial charge in [-0.3, -0.25) is 9.78 Å². The number of halogens is 1. The summed E-state index contributed by atoms with van der Waals surface area (Å²) in [5.41, 5.74) is 1.05. The van der Waals surface area contributed by atoms with Crippen molar-refractivity contribution in [3.05, 3.63) is 28.5 Å². The number of pyridine rings is 1. The minimum absolute atomic E-state index is 0.0293. The lowest BCUT2D eigenvalue weighted by atomic mass is 10.2. The van der Waals surface area contributed by atoms with E-state index in [4.69, 9.17) is 0 Å². The van der Waals surface area contributed by atoms with E-state index in [9.17, 15) is 4.79 Å². The zero-order valence-corrected chi connectivity index (χ0v) is 11.8. The van der Waals surface area contributed by atoms with E-state index in [1.165, 1.54) is 0 Å². The summed E-state index contributed by atoms with van der Waals surface area (Å²) in [4.78, 5) is 15.5. The van der Waals surface area contributed by atoms with Crippen LogP contribution in [0.4, 0.5) is 0 Å². The van der Waals surface area contributed by atoms with Crippen LogP contribution >= 0.6 is 15.9 Å². The van der Waals surface area contributed by atoms with Crippen LogP contribution in [0.3, 0.4) is 0 Å². The Kier molecular flexibility index (Phi) is 6.15. The number of rotatable bonds is 6. The van der Waals surface area contributed by atoms with Crippen LogP contribution in [0.2, 0.25) is 0 Å². The molecule has 1 heterocycles. The number of nitrogens with zero attached hydrogens (tertiary/aromatic N) is 1. The molecule has 0 saturated carbocycles. The SMILES string of the molecule is CC(C)CNC(=O)CNCc1cncc(Br)c1. The van der Waals surface area contributed by atoms with Gasteiger partial charge in [0.15, 0.2) is 0 Å². The highest BCUT2D eigenvalue weighted by Crippen LogP contribution is 2.08. The Morgan fingerprint density at radius 1 is 1.47 bits per heavy atom. The van der Waals surface area contributed by atoms with Crippen LogP contribution in [0, 0.1) is 5.92 Å². The molecule has 0 atom stereocenters. The molecular formula is C12H18BrN3O. The summed E-state index contributed by atoms with van der Waals surface area (Å²) in [6.07, 6.45) is 3.52. The third-order valence-corrected chi connectivity index (χ3v) is 2.52. The Morgan fingerprint density at radius 2 is 2.24 bits per heavy atom. The van der Waals surface area contributed by atoms with Crippen molar-refractivity contribution in [2.24, 2.45) is 5.92 Å². The van der Waals surface area contributed by atoms with Crippen LogP contribution in [0.1, 0.15) is 19.4 Å². The Morgan fingerprint density at radius 3 is 2.88 bits per heavy atom. The summed E-state index contributed by atoms with van der Waals surface area (Å²) < 4.78 is 0.945. The fourth-order valence-electron chi connectivity index (χ4n) is 1.25. The summed E-state index contributed by atoms with van der Waals surface area (Å²) in [6, 6.07) is 1.98. The van der Waals surface area contributed by atoms with Gasteiger partial charge >= 0.3 is 0 Å². The lowest BCUT2D eigenvalue weighted by Crippen LogP contribution is -2.35. The molecule has 5 heteroatoms. The van der Waals surface area contributed by atoms with Gasteiger partial charge in [-0.1, -0.05) is 13.8 Å². The van der Waals surface area contributed by atoms with Crippen molar-refractivity contribution in [2.45, 2.75) is 20.4 Å². The molecule has 1 amide bonds. The van der Waals surface area contributed by atoms with E-state index in [2.05, 4.69) is 45.4 Å². The van der Waals surface area contributed by atoms with Gasteiger partial charge in [0, 0.05) is 30.0 Å². The van der Waals surface area contributed by atoms with Crippen molar-refractivity contribution in [1.29, 1.82) is 0 Å². The van der Waals surface area contributed by atoms with Crippen LogP contribution in [0.5, 0.6) is 0 Å². The monoisotopic (exact) mass is 299 g/mol.